The summed E-state index contributed by atoms with van der Waals surface area (Å²) in [7, 11) is -3.62. The van der Waals surface area contributed by atoms with Crippen molar-refractivity contribution in [1.82, 2.24) is 4.98 Å². The van der Waals surface area contributed by atoms with Crippen molar-refractivity contribution in [2.24, 2.45) is 0 Å². The molecule has 0 fully saturated rings. The van der Waals surface area contributed by atoms with Gasteiger partial charge in [-0.05, 0) is 45.4 Å². The summed E-state index contributed by atoms with van der Waals surface area (Å²) in [4.78, 5) is 3.85. The number of hydrogen-bond donors (Lipinski definition) is 1. The molecule has 6 heteroatoms. The van der Waals surface area contributed by atoms with Gasteiger partial charge in [0.05, 0.1) is 12.2 Å². The molecular weight excluding hydrogens is 253 g/mol. The molecule has 1 N–H and O–H groups in total. The normalized spacial score (nSPS) is 14.2. The Labute approximate surface area is 108 Å². The summed E-state index contributed by atoms with van der Waals surface area (Å²) in [5, 5.41) is 10.2. The van der Waals surface area contributed by atoms with E-state index in [2.05, 4.69) is 4.98 Å². The van der Waals surface area contributed by atoms with E-state index in [0.717, 1.165) is 0 Å². The van der Waals surface area contributed by atoms with Crippen molar-refractivity contribution in [2.75, 3.05) is 0 Å². The number of rotatable bonds is 6. The van der Waals surface area contributed by atoms with Crippen LogP contribution in [-0.4, -0.2) is 22.3 Å². The molecule has 1 atom stereocenters. The van der Waals surface area contributed by atoms with Crippen molar-refractivity contribution in [3.05, 3.63) is 30.1 Å². The maximum Gasteiger partial charge on any atom is 0.363 e. The molecular formula is C12H20NO4P. The lowest BCUT2D eigenvalue weighted by atomic mass is 10.3. The van der Waals surface area contributed by atoms with Gasteiger partial charge in [0.15, 0.2) is 5.85 Å². The molecule has 1 aromatic rings. The van der Waals surface area contributed by atoms with E-state index in [9.17, 15) is 9.67 Å². The van der Waals surface area contributed by atoms with Crippen molar-refractivity contribution in [3.63, 3.8) is 0 Å². The Balaban J connectivity index is 2.99. The van der Waals surface area contributed by atoms with Crippen molar-refractivity contribution >= 4 is 7.60 Å². The number of aliphatic hydroxyl groups excluding tert-OH is 1. The van der Waals surface area contributed by atoms with Crippen molar-refractivity contribution < 1.29 is 18.7 Å². The molecule has 0 spiro atoms. The summed E-state index contributed by atoms with van der Waals surface area (Å²) >= 11 is 0. The third-order valence-electron chi connectivity index (χ3n) is 2.02. The molecule has 1 aromatic heterocycles. The summed E-state index contributed by atoms with van der Waals surface area (Å²) in [6.45, 7) is 6.98. The molecule has 1 heterocycles. The van der Waals surface area contributed by atoms with Gasteiger partial charge in [-0.1, -0.05) is 0 Å². The molecule has 0 bridgehead atoms. The van der Waals surface area contributed by atoms with Gasteiger partial charge in [0.1, 0.15) is 0 Å². The monoisotopic (exact) mass is 273 g/mol. The lowest BCUT2D eigenvalue weighted by Crippen LogP contribution is -2.13. The largest absolute Gasteiger partial charge is 0.376 e. The highest BCUT2D eigenvalue weighted by molar-refractivity contribution is 7.54. The fourth-order valence-corrected chi connectivity index (χ4v) is 3.44. The lowest BCUT2D eigenvalue weighted by Gasteiger charge is -2.26. The van der Waals surface area contributed by atoms with E-state index in [1.54, 1.807) is 39.8 Å². The number of hydrogen-bond acceptors (Lipinski definition) is 5. The van der Waals surface area contributed by atoms with Gasteiger partial charge in [-0.2, -0.15) is 0 Å². The molecule has 1 rings (SSSR count). The van der Waals surface area contributed by atoms with Crippen LogP contribution in [0.4, 0.5) is 0 Å². The van der Waals surface area contributed by atoms with Crippen LogP contribution in [0.2, 0.25) is 0 Å². The van der Waals surface area contributed by atoms with Crippen LogP contribution in [0.15, 0.2) is 24.5 Å². The maximum absolute atomic E-state index is 12.6. The van der Waals surface area contributed by atoms with E-state index in [4.69, 9.17) is 9.05 Å². The number of pyridine rings is 1. The Morgan fingerprint density at radius 2 is 1.56 bits per heavy atom. The van der Waals surface area contributed by atoms with Gasteiger partial charge in [-0.3, -0.25) is 9.55 Å². The third kappa shape index (κ3) is 4.18. The first-order valence-corrected chi connectivity index (χ1v) is 7.51. The highest BCUT2D eigenvalue weighted by Gasteiger charge is 2.37. The number of nitrogens with zero attached hydrogens (tertiary/aromatic N) is 1. The average molecular weight is 273 g/mol. The zero-order valence-corrected chi connectivity index (χ0v) is 12.0. The zero-order valence-electron chi connectivity index (χ0n) is 11.1. The first-order chi connectivity index (χ1) is 8.35. The standard InChI is InChI=1S/C12H20NO4P/c1-9(2)16-18(15,17-10(3)4)12(14)11-5-7-13-8-6-11/h5-10,12,14H,1-4H3/t12-/m1/s1. The van der Waals surface area contributed by atoms with Crippen LogP contribution in [0, 0.1) is 0 Å². The van der Waals surface area contributed by atoms with Gasteiger partial charge in [0, 0.05) is 12.4 Å². The fourth-order valence-electron chi connectivity index (χ4n) is 1.45. The third-order valence-corrected chi connectivity index (χ3v) is 4.35. The SMILES string of the molecule is CC(C)OP(=O)(OC(C)C)[C@@H](O)c1ccncc1. The van der Waals surface area contributed by atoms with Crippen LogP contribution in [0.25, 0.3) is 0 Å². The molecule has 0 aliphatic carbocycles. The summed E-state index contributed by atoms with van der Waals surface area (Å²) in [5.74, 6) is -1.30. The summed E-state index contributed by atoms with van der Waals surface area (Å²) < 4.78 is 23.3. The molecule has 18 heavy (non-hydrogen) atoms. The van der Waals surface area contributed by atoms with Gasteiger partial charge < -0.3 is 14.2 Å². The van der Waals surface area contributed by atoms with Crippen LogP contribution >= 0.6 is 7.60 Å². The Hall–Kier alpha value is -0.740. The molecule has 0 radical (unpaired) electrons. The van der Waals surface area contributed by atoms with E-state index in [1.807, 2.05) is 0 Å². The second-order valence-corrected chi connectivity index (χ2v) is 6.49. The van der Waals surface area contributed by atoms with Gasteiger partial charge in [-0.25, -0.2) is 0 Å². The maximum atomic E-state index is 12.6. The molecule has 0 saturated carbocycles. The van der Waals surface area contributed by atoms with E-state index >= 15 is 0 Å². The predicted octanol–water partition coefficient (Wildman–Crippen LogP) is 3.12. The van der Waals surface area contributed by atoms with Crippen molar-refractivity contribution in [1.29, 1.82) is 0 Å². The van der Waals surface area contributed by atoms with Gasteiger partial charge in [0.2, 0.25) is 0 Å². The van der Waals surface area contributed by atoms with Gasteiger partial charge >= 0.3 is 7.60 Å². The van der Waals surface area contributed by atoms with E-state index in [1.165, 1.54) is 12.4 Å². The van der Waals surface area contributed by atoms with Crippen LogP contribution in [0.1, 0.15) is 39.1 Å². The highest BCUT2D eigenvalue weighted by Crippen LogP contribution is 2.61. The molecule has 0 unspecified atom stereocenters. The minimum atomic E-state index is -3.62. The summed E-state index contributed by atoms with van der Waals surface area (Å²) in [5.41, 5.74) is 0.467. The van der Waals surface area contributed by atoms with Crippen LogP contribution in [0.3, 0.4) is 0 Å². The van der Waals surface area contributed by atoms with Crippen molar-refractivity contribution in [3.8, 4) is 0 Å². The first kappa shape index (κ1) is 15.3. The quantitative estimate of drug-likeness (QED) is 0.806. The smallest absolute Gasteiger partial charge is 0.363 e. The Kier molecular flexibility index (Phi) is 5.47. The van der Waals surface area contributed by atoms with E-state index in [-0.39, 0.29) is 12.2 Å². The molecule has 0 amide bonds. The van der Waals surface area contributed by atoms with Crippen LogP contribution in [-0.2, 0) is 13.6 Å². The molecule has 0 saturated heterocycles. The topological polar surface area (TPSA) is 68.7 Å². The average Bonchev–Trinajstić information content (AvgIpc) is 2.27. The number of aliphatic hydroxyl groups is 1. The van der Waals surface area contributed by atoms with E-state index in [0.29, 0.717) is 5.56 Å². The predicted molar refractivity (Wildman–Crippen MR) is 69.2 cm³/mol. The second-order valence-electron chi connectivity index (χ2n) is 4.50. The Morgan fingerprint density at radius 3 is 1.94 bits per heavy atom. The Morgan fingerprint density at radius 1 is 1.11 bits per heavy atom. The van der Waals surface area contributed by atoms with Gasteiger partial charge in [0.25, 0.3) is 0 Å². The molecule has 0 aromatic carbocycles. The second kappa shape index (κ2) is 6.43. The minimum absolute atomic E-state index is 0.300. The number of aromatic nitrogens is 1. The van der Waals surface area contributed by atoms with Gasteiger partial charge in [-0.15, -0.1) is 0 Å². The molecule has 0 aliphatic heterocycles. The zero-order chi connectivity index (χ0) is 13.8. The molecule has 5 nitrogen and oxygen atoms in total. The van der Waals surface area contributed by atoms with E-state index < -0.39 is 13.4 Å². The minimum Gasteiger partial charge on any atom is -0.376 e. The lowest BCUT2D eigenvalue weighted by molar-refractivity contribution is 0.101. The fraction of sp³-hybridized carbons (Fsp3) is 0.583. The molecule has 0 aliphatic rings. The first-order valence-electron chi connectivity index (χ1n) is 5.89. The van der Waals surface area contributed by atoms with Crippen LogP contribution in [0.5, 0.6) is 0 Å². The summed E-state index contributed by atoms with van der Waals surface area (Å²) in [6, 6.07) is 3.18. The highest BCUT2D eigenvalue weighted by atomic mass is 31.2. The van der Waals surface area contributed by atoms with Crippen LogP contribution < -0.4 is 0 Å². The van der Waals surface area contributed by atoms with Crippen molar-refractivity contribution in [2.45, 2.75) is 45.7 Å². The Bertz CT molecular complexity index is 394. The molecule has 102 valence electrons. The summed E-state index contributed by atoms with van der Waals surface area (Å²) in [6.07, 6.45) is 2.44.